The summed E-state index contributed by atoms with van der Waals surface area (Å²) in [5, 5.41) is 8.63. The number of benzene rings is 2. The van der Waals surface area contributed by atoms with Gasteiger partial charge in [0, 0.05) is 61.6 Å². The van der Waals surface area contributed by atoms with Gasteiger partial charge in [0.2, 0.25) is 0 Å². The second kappa shape index (κ2) is 11.0. The Morgan fingerprint density at radius 2 is 1.82 bits per heavy atom. The van der Waals surface area contributed by atoms with Gasteiger partial charge < -0.3 is 20.5 Å². The minimum Gasteiger partial charge on any atom is -0.373 e. The van der Waals surface area contributed by atoms with Crippen LogP contribution in [0, 0.1) is 13.8 Å². The fourth-order valence-corrected chi connectivity index (χ4v) is 4.20. The fraction of sp³-hybridized carbons (Fsp3) is 0.333. The number of hydrogen-bond donors (Lipinski definition) is 3. The van der Waals surface area contributed by atoms with E-state index in [0.717, 1.165) is 28.6 Å². The lowest BCUT2D eigenvalue weighted by molar-refractivity contribution is -0.137. The van der Waals surface area contributed by atoms with Gasteiger partial charge in [0.1, 0.15) is 0 Å². The molecule has 1 aromatic heterocycles. The third kappa shape index (κ3) is 6.18. The Bertz CT molecular complexity index is 1400. The number of carbonyl (C=O) groups is 1. The van der Waals surface area contributed by atoms with Crippen LogP contribution >= 0.6 is 0 Å². The molecule has 9 nitrogen and oxygen atoms in total. The van der Waals surface area contributed by atoms with Crippen LogP contribution in [0.4, 0.5) is 30.2 Å². The molecule has 4 rings (SSSR count). The summed E-state index contributed by atoms with van der Waals surface area (Å²) in [5.41, 5.74) is 10.1. The molecule has 0 aliphatic carbocycles. The normalized spacial score (nSPS) is 13.5. The first kappa shape index (κ1) is 28.0. The standard InChI is InChI=1S/C27H33F3N8O/c1-17-7-8-19(13-25(17)38-16-23(33-34-38)21-15-31-37(6)18(21)2)26(39)32-20-9-10-24(22(14-20)27(28,29)30)36(5)12-11-35(3)4/h7-10,13-16,33-34H,11-12H2,1-6H3,(H,32,39). The van der Waals surface area contributed by atoms with E-state index in [1.807, 2.05) is 46.1 Å². The number of carbonyl (C=O) groups excluding carboxylic acids is 1. The number of nitrogens with one attached hydrogen (secondary N) is 3. The molecule has 1 amide bonds. The number of amides is 1. The summed E-state index contributed by atoms with van der Waals surface area (Å²) in [6.45, 7) is 4.88. The molecule has 3 N–H and O–H groups in total. The molecule has 0 saturated carbocycles. The molecule has 12 heteroatoms. The quantitative estimate of drug-likeness (QED) is 0.395. The SMILES string of the molecule is Cc1ccc(C(=O)Nc2ccc(N(C)CCN(C)C)c(C(F)(F)F)c2)cc1N1C=C(c2cnn(C)c2C)NN1. The minimum atomic E-state index is -4.58. The Balaban J connectivity index is 1.56. The van der Waals surface area contributed by atoms with E-state index in [2.05, 4.69) is 21.4 Å². The fourth-order valence-electron chi connectivity index (χ4n) is 4.20. The number of nitrogens with zero attached hydrogens (tertiary/aromatic N) is 5. The van der Waals surface area contributed by atoms with Crippen LogP contribution in [0.1, 0.15) is 32.7 Å². The molecular formula is C27H33F3N8O. The zero-order chi connectivity index (χ0) is 28.5. The van der Waals surface area contributed by atoms with E-state index in [1.165, 1.54) is 12.1 Å². The average Bonchev–Trinajstić information content (AvgIpc) is 3.48. The van der Waals surface area contributed by atoms with Crippen LogP contribution in [0.15, 0.2) is 48.8 Å². The topological polar surface area (TPSA) is 80.7 Å². The maximum Gasteiger partial charge on any atom is 0.418 e. The zero-order valence-corrected chi connectivity index (χ0v) is 22.8. The van der Waals surface area contributed by atoms with E-state index in [-0.39, 0.29) is 11.4 Å². The van der Waals surface area contributed by atoms with E-state index in [4.69, 9.17) is 0 Å². The van der Waals surface area contributed by atoms with Crippen LogP contribution in [-0.2, 0) is 13.2 Å². The summed E-state index contributed by atoms with van der Waals surface area (Å²) in [4.78, 5) is 16.6. The van der Waals surface area contributed by atoms with Crippen LogP contribution in [0.25, 0.3) is 5.70 Å². The smallest absolute Gasteiger partial charge is 0.373 e. The number of aryl methyl sites for hydroxylation is 2. The molecule has 0 unspecified atom stereocenters. The lowest BCUT2D eigenvalue weighted by Crippen LogP contribution is -2.36. The first-order valence-electron chi connectivity index (χ1n) is 12.4. The molecule has 0 bridgehead atoms. The van der Waals surface area contributed by atoms with Crippen molar-refractivity contribution in [2.75, 3.05) is 49.5 Å². The van der Waals surface area contributed by atoms with Crippen molar-refractivity contribution in [3.8, 4) is 0 Å². The van der Waals surface area contributed by atoms with E-state index < -0.39 is 17.6 Å². The number of aromatic nitrogens is 2. The van der Waals surface area contributed by atoms with E-state index in [9.17, 15) is 18.0 Å². The predicted molar refractivity (Wildman–Crippen MR) is 147 cm³/mol. The van der Waals surface area contributed by atoms with Gasteiger partial charge in [0.15, 0.2) is 0 Å². The molecule has 1 aliphatic heterocycles. The Morgan fingerprint density at radius 3 is 2.46 bits per heavy atom. The molecule has 0 radical (unpaired) electrons. The first-order chi connectivity index (χ1) is 18.3. The number of anilines is 3. The van der Waals surface area contributed by atoms with Crippen LogP contribution < -0.4 is 26.2 Å². The summed E-state index contributed by atoms with van der Waals surface area (Å²) in [5.74, 6) is -0.516. The molecule has 208 valence electrons. The number of rotatable bonds is 8. The maximum absolute atomic E-state index is 13.9. The lowest BCUT2D eigenvalue weighted by Gasteiger charge is -2.25. The highest BCUT2D eigenvalue weighted by atomic mass is 19.4. The maximum atomic E-state index is 13.9. The van der Waals surface area contributed by atoms with Crippen LogP contribution in [-0.4, -0.2) is 54.8 Å². The Labute approximate surface area is 225 Å². The van der Waals surface area contributed by atoms with Crippen LogP contribution in [0.3, 0.4) is 0 Å². The first-order valence-corrected chi connectivity index (χ1v) is 12.4. The van der Waals surface area contributed by atoms with Crippen molar-refractivity contribution in [2.24, 2.45) is 7.05 Å². The molecule has 0 atom stereocenters. The second-order valence-electron chi connectivity index (χ2n) is 9.83. The summed E-state index contributed by atoms with van der Waals surface area (Å²) in [6, 6.07) is 8.97. The van der Waals surface area contributed by atoms with Gasteiger partial charge in [-0.25, -0.2) is 0 Å². The van der Waals surface area contributed by atoms with E-state index >= 15 is 0 Å². The molecule has 1 aliphatic rings. The number of alkyl halides is 3. The highest BCUT2D eigenvalue weighted by Crippen LogP contribution is 2.38. The van der Waals surface area contributed by atoms with Crippen molar-refractivity contribution in [2.45, 2.75) is 20.0 Å². The van der Waals surface area contributed by atoms with Gasteiger partial charge in [-0.3, -0.25) is 14.5 Å². The highest BCUT2D eigenvalue weighted by Gasteiger charge is 2.35. The molecule has 0 fully saturated rings. The molecule has 2 heterocycles. The molecule has 2 aromatic carbocycles. The van der Waals surface area contributed by atoms with Gasteiger partial charge in [-0.1, -0.05) is 6.07 Å². The van der Waals surface area contributed by atoms with Crippen molar-refractivity contribution in [3.63, 3.8) is 0 Å². The van der Waals surface area contributed by atoms with Gasteiger partial charge in [-0.2, -0.15) is 18.3 Å². The summed E-state index contributed by atoms with van der Waals surface area (Å²) in [7, 11) is 7.21. The van der Waals surface area contributed by atoms with Crippen LogP contribution in [0.2, 0.25) is 0 Å². The molecular weight excluding hydrogens is 509 g/mol. The van der Waals surface area contributed by atoms with Gasteiger partial charge in [-0.15, -0.1) is 5.53 Å². The Morgan fingerprint density at radius 1 is 1.08 bits per heavy atom. The van der Waals surface area contributed by atoms with Crippen molar-refractivity contribution in [1.29, 1.82) is 0 Å². The van der Waals surface area contributed by atoms with Gasteiger partial charge in [0.25, 0.3) is 5.91 Å². The third-order valence-corrected chi connectivity index (χ3v) is 6.68. The van der Waals surface area contributed by atoms with Crippen molar-refractivity contribution < 1.29 is 18.0 Å². The summed E-state index contributed by atoms with van der Waals surface area (Å²) in [6.07, 6.45) is -0.962. The Kier molecular flexibility index (Phi) is 7.89. The zero-order valence-electron chi connectivity index (χ0n) is 22.8. The third-order valence-electron chi connectivity index (χ3n) is 6.68. The summed E-state index contributed by atoms with van der Waals surface area (Å²) >= 11 is 0. The van der Waals surface area contributed by atoms with Gasteiger partial charge in [0.05, 0.1) is 23.1 Å². The van der Waals surface area contributed by atoms with E-state index in [0.29, 0.717) is 24.3 Å². The van der Waals surface area contributed by atoms with Crippen LogP contribution in [0.5, 0.6) is 0 Å². The molecule has 39 heavy (non-hydrogen) atoms. The monoisotopic (exact) mass is 542 g/mol. The van der Waals surface area contributed by atoms with Crippen molar-refractivity contribution in [3.05, 3.63) is 76.7 Å². The highest BCUT2D eigenvalue weighted by molar-refractivity contribution is 6.05. The number of likely N-dealkylation sites (N-methyl/N-ethyl adjacent to an activating group) is 2. The second-order valence-corrected chi connectivity index (χ2v) is 9.83. The van der Waals surface area contributed by atoms with E-state index in [1.54, 1.807) is 46.0 Å². The lowest BCUT2D eigenvalue weighted by atomic mass is 10.1. The predicted octanol–water partition coefficient (Wildman–Crippen LogP) is 4.13. The molecule has 3 aromatic rings. The minimum absolute atomic E-state index is 0.0547. The average molecular weight is 543 g/mol. The number of hydrogen-bond acceptors (Lipinski definition) is 7. The molecule has 0 saturated heterocycles. The number of halogens is 3. The van der Waals surface area contributed by atoms with Crippen molar-refractivity contribution >= 4 is 28.7 Å². The largest absolute Gasteiger partial charge is 0.418 e. The van der Waals surface area contributed by atoms with Crippen molar-refractivity contribution in [1.82, 2.24) is 25.6 Å². The molecule has 0 spiro atoms. The number of hydrazine groups is 2. The Hall–Kier alpha value is -4.03. The van der Waals surface area contributed by atoms with Gasteiger partial charge >= 0.3 is 6.18 Å². The van der Waals surface area contributed by atoms with Gasteiger partial charge in [-0.05, 0) is 63.8 Å². The summed E-state index contributed by atoms with van der Waals surface area (Å²) < 4.78 is 43.5.